The highest BCUT2D eigenvalue weighted by molar-refractivity contribution is 7.22. The van der Waals surface area contributed by atoms with Crippen LogP contribution in [-0.2, 0) is 31.0 Å². The lowest BCUT2D eigenvalue weighted by Crippen LogP contribution is -2.49. The maximum atomic E-state index is 15.2. The first-order valence-corrected chi connectivity index (χ1v) is 26.3. The first kappa shape index (κ1) is 49.6. The third-order valence-corrected chi connectivity index (χ3v) is 16.0. The highest BCUT2D eigenvalue weighted by Crippen LogP contribution is 2.45. The molecule has 1 aliphatic carbocycles. The summed E-state index contributed by atoms with van der Waals surface area (Å²) in [6.45, 7) is 5.47. The molecule has 0 unspecified atom stereocenters. The van der Waals surface area contributed by atoms with Crippen molar-refractivity contribution in [3.8, 4) is 16.9 Å². The highest BCUT2D eigenvalue weighted by Gasteiger charge is 2.40. The summed E-state index contributed by atoms with van der Waals surface area (Å²) in [5.74, 6) is -1.18. The zero-order valence-electron chi connectivity index (χ0n) is 41.2. The van der Waals surface area contributed by atoms with E-state index in [1.54, 1.807) is 10.7 Å². The average molecular weight is 1040 g/mol. The molecule has 0 atom stereocenters. The van der Waals surface area contributed by atoms with Crippen LogP contribution in [0.15, 0.2) is 91.0 Å². The molecule has 2 saturated heterocycles. The van der Waals surface area contributed by atoms with E-state index in [2.05, 4.69) is 47.6 Å². The number of hydrogen-bond acceptors (Lipinski definition) is 12. The monoisotopic (exact) mass is 1040 g/mol. The van der Waals surface area contributed by atoms with Crippen LogP contribution in [0.2, 0.25) is 0 Å². The Kier molecular flexibility index (Phi) is 13.6. The number of amides is 4. The minimum atomic E-state index is -4.86. The number of carbonyl (C=O) groups is 4. The van der Waals surface area contributed by atoms with Crippen LogP contribution in [-0.4, -0.2) is 105 Å². The fourth-order valence-electron chi connectivity index (χ4n) is 11.2. The van der Waals surface area contributed by atoms with Crippen LogP contribution in [0.25, 0.3) is 32.2 Å². The first-order valence-electron chi connectivity index (χ1n) is 25.4. The first-order chi connectivity index (χ1) is 36.2. The van der Waals surface area contributed by atoms with Crippen LogP contribution in [0.1, 0.15) is 82.5 Å². The second-order valence-corrected chi connectivity index (χ2v) is 20.8. The number of nitrogens with one attached hydrogen (secondary N) is 2. The van der Waals surface area contributed by atoms with Gasteiger partial charge in [0.15, 0.2) is 16.6 Å². The number of imide groups is 1. The number of ether oxygens (including phenoxy) is 1. The van der Waals surface area contributed by atoms with Gasteiger partial charge in [0.2, 0.25) is 5.91 Å². The Labute approximate surface area is 434 Å². The van der Waals surface area contributed by atoms with Crippen LogP contribution >= 0.6 is 11.3 Å². The third kappa shape index (κ3) is 10.3. The van der Waals surface area contributed by atoms with Crippen molar-refractivity contribution < 1.29 is 42.2 Å². The normalized spacial score (nSPS) is 18.6. The van der Waals surface area contributed by atoms with E-state index in [-0.39, 0.29) is 54.0 Å². The van der Waals surface area contributed by atoms with Crippen molar-refractivity contribution in [3.05, 3.63) is 119 Å². The van der Waals surface area contributed by atoms with Gasteiger partial charge in [0.25, 0.3) is 5.91 Å². The van der Waals surface area contributed by atoms with E-state index < -0.39 is 35.5 Å². The van der Waals surface area contributed by atoms with Crippen LogP contribution < -0.4 is 30.1 Å². The van der Waals surface area contributed by atoms with E-state index in [4.69, 9.17) is 4.74 Å². The second-order valence-electron chi connectivity index (χ2n) is 19.7. The molecule has 0 spiro atoms. The molecule has 75 heavy (non-hydrogen) atoms. The molecule has 0 radical (unpaired) electrons. The van der Waals surface area contributed by atoms with Gasteiger partial charge in [-0.3, -0.25) is 34.7 Å². The summed E-state index contributed by atoms with van der Waals surface area (Å²) >= 11 is 1.37. The van der Waals surface area contributed by atoms with Gasteiger partial charge in [-0.1, -0.05) is 47.7 Å². The number of aromatic nitrogens is 4. The van der Waals surface area contributed by atoms with E-state index in [1.807, 2.05) is 54.4 Å². The van der Waals surface area contributed by atoms with Crippen LogP contribution in [0, 0.1) is 5.92 Å². The van der Waals surface area contributed by atoms with Gasteiger partial charge in [0.05, 0.1) is 21.8 Å². The molecular weight excluding hydrogens is 986 g/mol. The lowest BCUT2D eigenvalue weighted by molar-refractivity contribution is -0.139. The molecule has 0 bridgehead atoms. The molecule has 7 aromatic rings. The zero-order valence-corrected chi connectivity index (χ0v) is 42.1. The number of piperazine rings is 1. The fraction of sp³-hybridized carbons (Fsp3) is 0.364. The Morgan fingerprint density at radius 1 is 0.853 bits per heavy atom. The number of rotatable bonds is 13. The molecule has 3 N–H and O–H groups in total. The van der Waals surface area contributed by atoms with Crippen molar-refractivity contribution in [2.24, 2.45) is 13.0 Å². The van der Waals surface area contributed by atoms with Crippen LogP contribution in [0.4, 0.5) is 40.4 Å². The molecule has 3 fully saturated rings. The van der Waals surface area contributed by atoms with Gasteiger partial charge in [-0.25, -0.2) is 19.6 Å². The molecule has 4 aromatic carbocycles. The summed E-state index contributed by atoms with van der Waals surface area (Å²) in [6.07, 6.45) is 0.403. The van der Waals surface area contributed by atoms with Gasteiger partial charge in [0.1, 0.15) is 17.1 Å². The largest absolute Gasteiger partial charge is 0.490 e. The number of alkyl halides is 3. The minimum absolute atomic E-state index is 0.172. The highest BCUT2D eigenvalue weighted by atomic mass is 32.1. The second kappa shape index (κ2) is 20.6. The van der Waals surface area contributed by atoms with Gasteiger partial charge < -0.3 is 19.6 Å². The molecule has 388 valence electrons. The van der Waals surface area contributed by atoms with Crippen molar-refractivity contribution in [1.82, 2.24) is 30.0 Å². The summed E-state index contributed by atoms with van der Waals surface area (Å²) in [4.78, 5) is 67.9. The fourth-order valence-corrected chi connectivity index (χ4v) is 12.0. The number of aryl methyl sites for hydroxylation is 1. The molecule has 11 rings (SSSR count). The number of carbonyl (C=O) groups excluding carboxylic acids is 3. The molecule has 20 heteroatoms. The smallest absolute Gasteiger partial charge is 0.420 e. The molecule has 3 aromatic heterocycles. The predicted molar refractivity (Wildman–Crippen MR) is 281 cm³/mol. The molecule has 6 heterocycles. The zero-order chi connectivity index (χ0) is 52.0. The summed E-state index contributed by atoms with van der Waals surface area (Å²) in [5.41, 5.74) is 2.87. The van der Waals surface area contributed by atoms with Crippen molar-refractivity contribution >= 4 is 78.7 Å². The topological polar surface area (TPSA) is 178 Å². The molecule has 4 aliphatic rings. The minimum Gasteiger partial charge on any atom is -0.490 e. The van der Waals surface area contributed by atoms with Crippen LogP contribution in [0.5, 0.6) is 5.75 Å². The van der Waals surface area contributed by atoms with Gasteiger partial charge >= 0.3 is 18.2 Å². The van der Waals surface area contributed by atoms with Crippen molar-refractivity contribution in [1.29, 1.82) is 0 Å². The number of carboxylic acids is 1. The van der Waals surface area contributed by atoms with E-state index >= 15 is 13.2 Å². The third-order valence-electron chi connectivity index (χ3n) is 15.1. The van der Waals surface area contributed by atoms with Crippen molar-refractivity contribution in [2.75, 3.05) is 65.8 Å². The Balaban J connectivity index is 0.694. The van der Waals surface area contributed by atoms with Gasteiger partial charge in [0, 0.05) is 87.0 Å². The molecule has 1 saturated carbocycles. The number of fused-ring (bicyclic) bond motifs is 3. The van der Waals surface area contributed by atoms with E-state index in [1.165, 1.54) is 46.6 Å². The summed E-state index contributed by atoms with van der Waals surface area (Å²) in [7, 11) is 1.85. The standard InChI is InChI=1S/C55H55F3N10O6S/c1-64-43-31-35(16-19-40(43)50(63-64)68-26-23-47(69)61-54(68)73)66-29-27-65(28-30-66)24-6-7-33-14-17-36(18-15-33)74-44-12-5-9-37(48(44)55(56,57)58)38-20-21-46(60-49(38)52(71)72)67-25-22-34-8-4-10-39(41(34)32-67)51(70)62-53-59-42-11-2-3-13-45(42)75-53/h2-5,8-13,16,19-21,31,33,36H,6-7,14-15,17-18,22-30,32H2,1H3,(H,71,72)(H,59,62,70)(H,61,69,73). The Morgan fingerprint density at radius 2 is 1.65 bits per heavy atom. The Bertz CT molecular complexity index is 3310. The number of urea groups is 1. The van der Waals surface area contributed by atoms with Crippen molar-refractivity contribution in [3.63, 3.8) is 0 Å². The Hall–Kier alpha value is -7.58. The van der Waals surface area contributed by atoms with Crippen molar-refractivity contribution in [2.45, 2.75) is 70.2 Å². The van der Waals surface area contributed by atoms with E-state index in [0.29, 0.717) is 48.2 Å². The molecule has 16 nitrogen and oxygen atoms in total. The number of nitrogens with zero attached hydrogens (tertiary/aromatic N) is 8. The summed E-state index contributed by atoms with van der Waals surface area (Å²) < 4.78 is 54.4. The quantitative estimate of drug-likeness (QED) is 0.0998. The number of thiazole rings is 1. The number of pyridine rings is 1. The molecule has 3 aliphatic heterocycles. The number of hydrogen-bond donors (Lipinski definition) is 3. The predicted octanol–water partition coefficient (Wildman–Crippen LogP) is 9.76. The SMILES string of the molecule is Cn1nc(N2CCC(=O)NC2=O)c2ccc(N3CCN(CCCC4CCC(Oc5cccc(-c6ccc(N7CCc8cccc(C(=O)Nc9nc%10ccccc%10s9)c8C7)nc6C(=O)O)c5C(F)(F)F)CC4)CC3)cc21. The van der Waals surface area contributed by atoms with E-state index in [0.717, 1.165) is 96.3 Å². The number of aromatic carboxylic acids is 1. The average Bonchev–Trinajstić information content (AvgIpc) is 3.97. The number of halogens is 3. The number of anilines is 4. The lowest BCUT2D eigenvalue weighted by Gasteiger charge is -2.36. The van der Waals surface area contributed by atoms with Crippen LogP contribution in [0.3, 0.4) is 0 Å². The van der Waals surface area contributed by atoms with E-state index in [9.17, 15) is 24.3 Å². The lowest BCUT2D eigenvalue weighted by atomic mass is 9.84. The summed E-state index contributed by atoms with van der Waals surface area (Å²) in [6, 6.07) is 25.8. The Morgan fingerprint density at radius 3 is 2.43 bits per heavy atom. The molecule has 4 amide bonds. The summed E-state index contributed by atoms with van der Waals surface area (Å²) in [5, 5.41) is 21.7. The number of benzene rings is 4. The molecular formula is C55H55F3N10O6S. The number of para-hydroxylation sites is 1. The maximum absolute atomic E-state index is 15.2. The van der Waals surface area contributed by atoms with Gasteiger partial charge in [-0.15, -0.1) is 0 Å². The maximum Gasteiger partial charge on any atom is 0.420 e. The number of carboxylic acid groups (broad SMARTS) is 1. The van der Waals surface area contributed by atoms with Gasteiger partial charge in [-0.05, 0) is 123 Å². The van der Waals surface area contributed by atoms with Gasteiger partial charge in [-0.2, -0.15) is 18.3 Å².